The Morgan fingerprint density at radius 2 is 1.81 bits per heavy atom. The summed E-state index contributed by atoms with van der Waals surface area (Å²) in [5.74, 6) is 0.893. The van der Waals surface area contributed by atoms with Crippen LogP contribution in [0.1, 0.15) is 36.8 Å². The van der Waals surface area contributed by atoms with E-state index in [-0.39, 0.29) is 6.04 Å². The Morgan fingerprint density at radius 3 is 2.50 bits per heavy atom. The number of rotatable bonds is 6. The molecule has 138 valence electrons. The van der Waals surface area contributed by atoms with Gasteiger partial charge in [0.25, 0.3) is 0 Å². The van der Waals surface area contributed by atoms with Gasteiger partial charge in [-0.1, -0.05) is 18.2 Å². The van der Waals surface area contributed by atoms with Crippen LogP contribution >= 0.6 is 0 Å². The van der Waals surface area contributed by atoms with E-state index < -0.39 is 10.0 Å². The van der Waals surface area contributed by atoms with Crippen molar-refractivity contribution >= 4 is 21.1 Å². The van der Waals surface area contributed by atoms with Crippen LogP contribution in [0.4, 0.5) is 0 Å². The highest BCUT2D eigenvalue weighted by molar-refractivity contribution is 7.89. The number of nitrogens with zero attached hydrogens (tertiary/aromatic N) is 2. The van der Waals surface area contributed by atoms with Crippen LogP contribution in [0.5, 0.6) is 0 Å². The molecule has 0 aliphatic carbocycles. The largest absolute Gasteiger partial charge is 0.325 e. The Kier molecular flexibility index (Phi) is 5.16. The first-order chi connectivity index (χ1) is 12.3. The number of hydrogen-bond acceptors (Lipinski definition) is 3. The van der Waals surface area contributed by atoms with Crippen molar-refractivity contribution in [3.05, 3.63) is 59.4 Å². The first-order valence-electron chi connectivity index (χ1n) is 8.82. The van der Waals surface area contributed by atoms with Crippen LogP contribution < -0.4 is 4.72 Å². The SMILES string of the molecule is Cc1ccc(S(=O)(=O)NCCc2nc3ccccc3n2C(C)C)cc1C. The predicted molar refractivity (Wildman–Crippen MR) is 105 cm³/mol. The lowest BCUT2D eigenvalue weighted by atomic mass is 10.1. The summed E-state index contributed by atoms with van der Waals surface area (Å²) in [5.41, 5.74) is 4.06. The van der Waals surface area contributed by atoms with Crippen LogP contribution in [0, 0.1) is 13.8 Å². The average Bonchev–Trinajstić information content (AvgIpc) is 2.95. The normalized spacial score (nSPS) is 12.2. The third-order valence-corrected chi connectivity index (χ3v) is 6.07. The summed E-state index contributed by atoms with van der Waals surface area (Å²) in [5, 5.41) is 0. The maximum absolute atomic E-state index is 12.5. The third kappa shape index (κ3) is 3.66. The predicted octanol–water partition coefficient (Wildman–Crippen LogP) is 3.76. The fourth-order valence-electron chi connectivity index (χ4n) is 3.11. The number of nitrogens with one attached hydrogen (secondary N) is 1. The van der Waals surface area contributed by atoms with E-state index in [0.717, 1.165) is 28.0 Å². The van der Waals surface area contributed by atoms with E-state index in [1.807, 2.05) is 44.2 Å². The van der Waals surface area contributed by atoms with Crippen molar-refractivity contribution in [1.29, 1.82) is 0 Å². The number of fused-ring (bicyclic) bond motifs is 1. The number of sulfonamides is 1. The van der Waals surface area contributed by atoms with E-state index in [1.54, 1.807) is 12.1 Å². The van der Waals surface area contributed by atoms with Gasteiger partial charge in [-0.05, 0) is 63.1 Å². The van der Waals surface area contributed by atoms with Gasteiger partial charge >= 0.3 is 0 Å². The van der Waals surface area contributed by atoms with Crippen molar-refractivity contribution in [2.24, 2.45) is 0 Å². The van der Waals surface area contributed by atoms with E-state index in [0.29, 0.717) is 17.9 Å². The number of hydrogen-bond donors (Lipinski definition) is 1. The minimum absolute atomic E-state index is 0.258. The van der Waals surface area contributed by atoms with Crippen molar-refractivity contribution < 1.29 is 8.42 Å². The van der Waals surface area contributed by atoms with E-state index in [9.17, 15) is 8.42 Å². The van der Waals surface area contributed by atoms with Crippen LogP contribution in [0.25, 0.3) is 11.0 Å². The molecule has 1 aromatic heterocycles. The first-order valence-corrected chi connectivity index (χ1v) is 10.3. The topological polar surface area (TPSA) is 64.0 Å². The zero-order chi connectivity index (χ0) is 18.9. The maximum Gasteiger partial charge on any atom is 0.240 e. The number of aromatic nitrogens is 2. The molecule has 0 spiro atoms. The van der Waals surface area contributed by atoms with E-state index in [4.69, 9.17) is 0 Å². The third-order valence-electron chi connectivity index (χ3n) is 4.61. The fraction of sp³-hybridized carbons (Fsp3) is 0.350. The molecule has 0 bridgehead atoms. The van der Waals surface area contributed by atoms with Gasteiger partial charge < -0.3 is 4.57 Å². The van der Waals surface area contributed by atoms with Crippen LogP contribution in [0.15, 0.2) is 47.4 Å². The van der Waals surface area contributed by atoms with Crippen molar-refractivity contribution in [2.45, 2.75) is 45.1 Å². The molecule has 0 unspecified atom stereocenters. The molecule has 26 heavy (non-hydrogen) atoms. The zero-order valence-electron chi connectivity index (χ0n) is 15.7. The van der Waals surface area contributed by atoms with Crippen molar-refractivity contribution in [3.8, 4) is 0 Å². The second kappa shape index (κ2) is 7.21. The molecule has 0 saturated carbocycles. The summed E-state index contributed by atoms with van der Waals surface area (Å²) in [6.45, 7) is 8.41. The van der Waals surface area contributed by atoms with Crippen LogP contribution in [0.3, 0.4) is 0 Å². The number of imidazole rings is 1. The molecule has 0 amide bonds. The monoisotopic (exact) mass is 371 g/mol. The average molecular weight is 372 g/mol. The fourth-order valence-corrected chi connectivity index (χ4v) is 4.23. The highest BCUT2D eigenvalue weighted by atomic mass is 32.2. The van der Waals surface area contributed by atoms with Gasteiger partial charge in [-0.25, -0.2) is 18.1 Å². The smallest absolute Gasteiger partial charge is 0.240 e. The van der Waals surface area contributed by atoms with E-state index in [2.05, 4.69) is 28.1 Å². The highest BCUT2D eigenvalue weighted by Gasteiger charge is 2.16. The van der Waals surface area contributed by atoms with E-state index in [1.165, 1.54) is 0 Å². The van der Waals surface area contributed by atoms with Crippen molar-refractivity contribution in [3.63, 3.8) is 0 Å². The standard InChI is InChI=1S/C20H25N3O2S/c1-14(2)23-19-8-6-5-7-18(19)22-20(23)11-12-21-26(24,25)17-10-9-15(3)16(4)13-17/h5-10,13-14,21H,11-12H2,1-4H3. The van der Waals surface area contributed by atoms with Gasteiger partial charge in [0, 0.05) is 19.0 Å². The molecule has 0 aliphatic rings. The van der Waals surface area contributed by atoms with Gasteiger partial charge in [-0.3, -0.25) is 0 Å². The molecule has 0 fully saturated rings. The summed E-state index contributed by atoms with van der Waals surface area (Å²) in [4.78, 5) is 4.98. The Morgan fingerprint density at radius 1 is 1.08 bits per heavy atom. The Bertz CT molecular complexity index is 1040. The van der Waals surface area contributed by atoms with Gasteiger partial charge in [0.15, 0.2) is 0 Å². The van der Waals surface area contributed by atoms with Crippen molar-refractivity contribution in [2.75, 3.05) is 6.54 Å². The Hall–Kier alpha value is -2.18. The lowest BCUT2D eigenvalue weighted by Gasteiger charge is -2.13. The molecule has 6 heteroatoms. The summed E-state index contributed by atoms with van der Waals surface area (Å²) in [6.07, 6.45) is 0.539. The first kappa shape index (κ1) is 18.6. The highest BCUT2D eigenvalue weighted by Crippen LogP contribution is 2.21. The van der Waals surface area contributed by atoms with Gasteiger partial charge in [0.2, 0.25) is 10.0 Å². The molecule has 1 heterocycles. The second-order valence-electron chi connectivity index (χ2n) is 6.87. The van der Waals surface area contributed by atoms with Crippen molar-refractivity contribution in [1.82, 2.24) is 14.3 Å². The molecule has 0 radical (unpaired) electrons. The molecule has 2 aromatic carbocycles. The van der Waals surface area contributed by atoms with Crippen LogP contribution in [-0.4, -0.2) is 24.5 Å². The van der Waals surface area contributed by atoms with Crippen LogP contribution in [-0.2, 0) is 16.4 Å². The quantitative estimate of drug-likeness (QED) is 0.718. The summed E-state index contributed by atoms with van der Waals surface area (Å²) in [7, 11) is -3.52. The summed E-state index contributed by atoms with van der Waals surface area (Å²) >= 11 is 0. The lowest BCUT2D eigenvalue weighted by molar-refractivity contribution is 0.567. The number of benzene rings is 2. The lowest BCUT2D eigenvalue weighted by Crippen LogP contribution is -2.27. The minimum Gasteiger partial charge on any atom is -0.325 e. The van der Waals surface area contributed by atoms with Gasteiger partial charge in [0.1, 0.15) is 5.82 Å². The van der Waals surface area contributed by atoms with Gasteiger partial charge in [-0.15, -0.1) is 0 Å². The Balaban J connectivity index is 1.78. The zero-order valence-corrected chi connectivity index (χ0v) is 16.5. The molecule has 3 rings (SSSR count). The maximum atomic E-state index is 12.5. The number of aryl methyl sites for hydroxylation is 2. The summed E-state index contributed by atoms with van der Waals surface area (Å²) < 4.78 is 29.9. The molecule has 3 aromatic rings. The number of para-hydroxylation sites is 2. The summed E-state index contributed by atoms with van der Waals surface area (Å²) in [6, 6.07) is 13.4. The minimum atomic E-state index is -3.52. The van der Waals surface area contributed by atoms with Gasteiger partial charge in [0.05, 0.1) is 15.9 Å². The van der Waals surface area contributed by atoms with Gasteiger partial charge in [-0.2, -0.15) is 0 Å². The van der Waals surface area contributed by atoms with Crippen LogP contribution in [0.2, 0.25) is 0 Å². The molecular weight excluding hydrogens is 346 g/mol. The van der Waals surface area contributed by atoms with E-state index >= 15 is 0 Å². The molecular formula is C20H25N3O2S. The molecule has 1 N–H and O–H groups in total. The molecule has 5 nitrogen and oxygen atoms in total. The molecule has 0 atom stereocenters. The molecule has 0 aliphatic heterocycles. The molecule has 0 saturated heterocycles. The second-order valence-corrected chi connectivity index (χ2v) is 8.64. The Labute approximate surface area is 155 Å².